The van der Waals surface area contributed by atoms with Crippen LogP contribution in [-0.4, -0.2) is 54.3 Å². The van der Waals surface area contributed by atoms with Crippen LogP contribution in [0.25, 0.3) is 0 Å². The van der Waals surface area contributed by atoms with E-state index in [9.17, 15) is 0 Å². The number of nitrogens with zero attached hydrogens (tertiary/aromatic N) is 1. The molecule has 150 valence electrons. The Hall–Kier alpha value is -2.98. The Bertz CT molecular complexity index is 953. The molecule has 1 aliphatic heterocycles. The van der Waals surface area contributed by atoms with Crippen LogP contribution in [0.15, 0.2) is 42.5 Å². The molecule has 0 saturated carbocycles. The van der Waals surface area contributed by atoms with Gasteiger partial charge in [-0.25, -0.2) is 0 Å². The average Bonchev–Trinajstić information content (AvgIpc) is 2.73. The van der Waals surface area contributed by atoms with E-state index < -0.39 is 0 Å². The first-order valence-corrected chi connectivity index (χ1v) is 9.60. The summed E-state index contributed by atoms with van der Waals surface area (Å²) in [6.45, 7) is 4.06. The van der Waals surface area contributed by atoms with E-state index in [-0.39, 0.29) is 18.0 Å². The van der Waals surface area contributed by atoms with E-state index >= 15 is 0 Å². The number of benzene rings is 2. The minimum Gasteiger partial charge on any atom is -0.398 e. The Kier molecular flexibility index (Phi) is 7.14. The maximum atomic E-state index is 8.79. The molecule has 6 nitrogen and oxygen atoms in total. The number of ether oxygens (including phenoxy) is 1. The summed E-state index contributed by atoms with van der Waals surface area (Å²) in [6, 6.07) is 13.3. The van der Waals surface area contributed by atoms with Crippen molar-refractivity contribution in [3.8, 4) is 11.8 Å². The van der Waals surface area contributed by atoms with Gasteiger partial charge >= 0.3 is 0 Å². The van der Waals surface area contributed by atoms with Crippen molar-refractivity contribution >= 4 is 17.1 Å². The normalized spacial score (nSPS) is 14.1. The number of aliphatic hydroxyl groups is 1. The second-order valence-corrected chi connectivity index (χ2v) is 7.00. The van der Waals surface area contributed by atoms with Gasteiger partial charge in [-0.2, -0.15) is 0 Å². The van der Waals surface area contributed by atoms with Crippen molar-refractivity contribution in [2.45, 2.75) is 13.0 Å². The largest absolute Gasteiger partial charge is 0.398 e. The topological polar surface area (TPSA) is 106 Å². The van der Waals surface area contributed by atoms with Crippen molar-refractivity contribution < 1.29 is 9.84 Å². The molecule has 0 amide bonds. The fourth-order valence-corrected chi connectivity index (χ4v) is 3.32. The van der Waals surface area contributed by atoms with Crippen LogP contribution < -0.4 is 5.73 Å². The molecule has 5 N–H and O–H groups in total. The van der Waals surface area contributed by atoms with Gasteiger partial charge < -0.3 is 21.0 Å². The van der Waals surface area contributed by atoms with Gasteiger partial charge in [-0.3, -0.25) is 10.3 Å². The third kappa shape index (κ3) is 5.75. The maximum absolute atomic E-state index is 8.79. The quantitative estimate of drug-likeness (QED) is 0.344. The van der Waals surface area contributed by atoms with Crippen LogP contribution in [0.4, 0.5) is 5.69 Å². The number of hydrogen-bond acceptors (Lipinski definition) is 6. The number of nitrogen functional groups attached to an aromatic ring is 1. The second kappa shape index (κ2) is 9.99. The molecule has 2 aromatic rings. The summed E-state index contributed by atoms with van der Waals surface area (Å²) >= 11 is 0. The molecule has 0 aromatic heterocycles. The first kappa shape index (κ1) is 20.7. The number of nitrogens with one attached hydrogen (secondary N) is 2. The van der Waals surface area contributed by atoms with E-state index in [4.69, 9.17) is 26.4 Å². The van der Waals surface area contributed by atoms with Gasteiger partial charge in [0, 0.05) is 42.9 Å². The van der Waals surface area contributed by atoms with Crippen molar-refractivity contribution in [1.29, 1.82) is 10.8 Å². The molecule has 0 unspecified atom stereocenters. The molecule has 0 aliphatic carbocycles. The Balaban J connectivity index is 1.66. The zero-order valence-corrected chi connectivity index (χ0v) is 16.4. The second-order valence-electron chi connectivity index (χ2n) is 7.00. The molecule has 2 aromatic carbocycles. The van der Waals surface area contributed by atoms with Crippen LogP contribution in [0.3, 0.4) is 0 Å². The summed E-state index contributed by atoms with van der Waals surface area (Å²) in [6.07, 6.45) is 0.376. The van der Waals surface area contributed by atoms with Crippen LogP contribution in [0.2, 0.25) is 0 Å². The highest BCUT2D eigenvalue weighted by molar-refractivity contribution is 6.47. The van der Waals surface area contributed by atoms with Crippen LogP contribution in [0.5, 0.6) is 0 Å². The highest BCUT2D eigenvalue weighted by Crippen LogP contribution is 2.17. The van der Waals surface area contributed by atoms with Crippen molar-refractivity contribution in [2.75, 3.05) is 38.6 Å². The Morgan fingerprint density at radius 2 is 1.86 bits per heavy atom. The zero-order valence-electron chi connectivity index (χ0n) is 16.4. The minimum absolute atomic E-state index is 0.114. The molecule has 1 fully saturated rings. The van der Waals surface area contributed by atoms with Crippen LogP contribution in [-0.2, 0) is 17.7 Å². The summed E-state index contributed by atoms with van der Waals surface area (Å²) in [7, 11) is 0. The summed E-state index contributed by atoms with van der Waals surface area (Å²) in [5.74, 6) is 5.37. The van der Waals surface area contributed by atoms with Gasteiger partial charge in [-0.15, -0.1) is 0 Å². The van der Waals surface area contributed by atoms with Gasteiger partial charge in [0.2, 0.25) is 0 Å². The number of aliphatic hydroxyl groups excluding tert-OH is 1. The lowest BCUT2D eigenvalue weighted by Crippen LogP contribution is -2.35. The molecule has 3 rings (SSSR count). The zero-order chi connectivity index (χ0) is 20.6. The predicted octanol–water partition coefficient (Wildman–Crippen LogP) is 2.08. The lowest BCUT2D eigenvalue weighted by Gasteiger charge is -2.26. The number of morpholine rings is 1. The summed E-state index contributed by atoms with van der Waals surface area (Å²) in [5.41, 5.74) is 10.2. The third-order valence-electron chi connectivity index (χ3n) is 4.82. The first-order chi connectivity index (χ1) is 14.1. The van der Waals surface area contributed by atoms with Gasteiger partial charge in [0.1, 0.15) is 6.61 Å². The smallest absolute Gasteiger partial charge is 0.104 e. The molecule has 1 heterocycles. The molecule has 6 heteroatoms. The standard InChI is InChI=1S/C23H26N4O2/c24-21-14-17(5-2-10-28)6-7-20(21)23(26)22(25)15-18-3-1-4-19(13-18)16-27-8-11-29-12-9-27/h1,3-4,6-7,13-14,25-26,28H,8-12,15-16,24H2. The van der Waals surface area contributed by atoms with Crippen molar-refractivity contribution in [2.24, 2.45) is 0 Å². The highest BCUT2D eigenvalue weighted by Gasteiger charge is 2.14. The molecule has 0 spiro atoms. The number of hydrogen-bond donors (Lipinski definition) is 4. The molecule has 1 aliphatic rings. The van der Waals surface area contributed by atoms with Gasteiger partial charge in [-0.1, -0.05) is 36.1 Å². The molecule has 0 bridgehead atoms. The molecular formula is C23H26N4O2. The Labute approximate surface area is 171 Å². The van der Waals surface area contributed by atoms with E-state index in [0.717, 1.165) is 38.4 Å². The third-order valence-corrected chi connectivity index (χ3v) is 4.82. The van der Waals surface area contributed by atoms with Crippen molar-refractivity contribution in [3.05, 3.63) is 64.7 Å². The lowest BCUT2D eigenvalue weighted by atomic mass is 9.97. The Morgan fingerprint density at radius 1 is 1.10 bits per heavy atom. The summed E-state index contributed by atoms with van der Waals surface area (Å²) in [4.78, 5) is 2.36. The molecule has 1 saturated heterocycles. The SMILES string of the molecule is N=C(Cc1cccc(CN2CCOCC2)c1)C(=N)c1ccc(C#CCO)cc1N. The summed E-state index contributed by atoms with van der Waals surface area (Å²) in [5, 5.41) is 25.6. The van der Waals surface area contributed by atoms with Gasteiger partial charge in [0.15, 0.2) is 0 Å². The predicted molar refractivity (Wildman–Crippen MR) is 116 cm³/mol. The molecule has 0 atom stereocenters. The fourth-order valence-electron chi connectivity index (χ4n) is 3.32. The van der Waals surface area contributed by atoms with Gasteiger partial charge in [-0.05, 0) is 29.3 Å². The van der Waals surface area contributed by atoms with Crippen LogP contribution in [0.1, 0.15) is 22.3 Å². The fraction of sp³-hybridized carbons (Fsp3) is 0.304. The van der Waals surface area contributed by atoms with Crippen LogP contribution >= 0.6 is 0 Å². The average molecular weight is 390 g/mol. The van der Waals surface area contributed by atoms with E-state index in [1.54, 1.807) is 18.2 Å². The minimum atomic E-state index is -0.216. The first-order valence-electron chi connectivity index (χ1n) is 9.60. The highest BCUT2D eigenvalue weighted by atomic mass is 16.5. The number of nitrogens with two attached hydrogens (primary N) is 1. The van der Waals surface area contributed by atoms with Gasteiger partial charge in [0.05, 0.1) is 24.6 Å². The number of rotatable bonds is 6. The molecule has 29 heavy (non-hydrogen) atoms. The summed E-state index contributed by atoms with van der Waals surface area (Å²) < 4.78 is 5.40. The van der Waals surface area contributed by atoms with Crippen LogP contribution in [0, 0.1) is 22.7 Å². The lowest BCUT2D eigenvalue weighted by molar-refractivity contribution is 0.0342. The van der Waals surface area contributed by atoms with E-state index in [2.05, 4.69) is 28.9 Å². The number of anilines is 1. The van der Waals surface area contributed by atoms with E-state index in [0.29, 0.717) is 23.2 Å². The van der Waals surface area contributed by atoms with E-state index in [1.165, 1.54) is 5.56 Å². The Morgan fingerprint density at radius 3 is 2.59 bits per heavy atom. The van der Waals surface area contributed by atoms with E-state index in [1.807, 2.05) is 12.1 Å². The van der Waals surface area contributed by atoms with Crippen molar-refractivity contribution in [3.63, 3.8) is 0 Å². The monoisotopic (exact) mass is 390 g/mol. The van der Waals surface area contributed by atoms with Crippen molar-refractivity contribution in [1.82, 2.24) is 4.90 Å². The molecule has 0 radical (unpaired) electrons. The maximum Gasteiger partial charge on any atom is 0.104 e. The van der Waals surface area contributed by atoms with Gasteiger partial charge in [0.25, 0.3) is 0 Å². The molecular weight excluding hydrogens is 364 g/mol.